The molecule has 0 saturated heterocycles. The van der Waals surface area contributed by atoms with Gasteiger partial charge < -0.3 is 0 Å². The highest BCUT2D eigenvalue weighted by atomic mass is 79.9. The maximum Gasteiger partial charge on any atom is 0.328 e. The molecular weight excluding hydrogens is 314 g/mol. The van der Waals surface area contributed by atoms with Crippen molar-refractivity contribution in [1.29, 1.82) is 0 Å². The Bertz CT molecular complexity index is 675. The Balaban J connectivity index is 2.40. The van der Waals surface area contributed by atoms with Crippen LogP contribution in [0, 0.1) is 10.1 Å². The highest BCUT2D eigenvalue weighted by molar-refractivity contribution is 9.10. The van der Waals surface area contributed by atoms with E-state index in [1.165, 1.54) is 10.6 Å². The van der Waals surface area contributed by atoms with E-state index in [1.54, 1.807) is 29.1 Å². The van der Waals surface area contributed by atoms with E-state index in [-0.39, 0.29) is 17.9 Å². The lowest BCUT2D eigenvalue weighted by atomic mass is 10.2. The van der Waals surface area contributed by atoms with Crippen LogP contribution >= 0.6 is 15.9 Å². The minimum absolute atomic E-state index is 0.00511. The van der Waals surface area contributed by atoms with Crippen molar-refractivity contribution in [2.45, 2.75) is 20.0 Å². The number of hydrogen-bond acceptors (Lipinski definition) is 3. The minimum Gasteiger partial charge on any atom is -0.300 e. The Labute approximate surface area is 117 Å². The second kappa shape index (κ2) is 5.40. The van der Waals surface area contributed by atoms with Crippen molar-refractivity contribution in [3.63, 3.8) is 0 Å². The molecule has 0 amide bonds. The number of aryl methyl sites for hydroxylation is 1. The van der Waals surface area contributed by atoms with Crippen LogP contribution < -0.4 is 5.69 Å². The van der Waals surface area contributed by atoms with Crippen LogP contribution in [0.25, 0.3) is 0 Å². The first kappa shape index (κ1) is 13.5. The van der Waals surface area contributed by atoms with Crippen LogP contribution in [0.3, 0.4) is 0 Å². The smallest absolute Gasteiger partial charge is 0.300 e. The highest BCUT2D eigenvalue weighted by Gasteiger charge is 2.15. The Kier molecular flexibility index (Phi) is 3.84. The zero-order valence-corrected chi connectivity index (χ0v) is 11.8. The maximum atomic E-state index is 11.9. The number of nitro benzene ring substituents is 1. The number of benzene rings is 1. The number of aromatic nitrogens is 2. The molecule has 1 aromatic heterocycles. The quantitative estimate of drug-likeness (QED) is 0.640. The van der Waals surface area contributed by atoms with Gasteiger partial charge in [-0.2, -0.15) is 0 Å². The number of rotatable bonds is 4. The van der Waals surface area contributed by atoms with E-state index in [9.17, 15) is 14.9 Å². The summed E-state index contributed by atoms with van der Waals surface area (Å²) in [6.45, 7) is 2.64. The van der Waals surface area contributed by atoms with Crippen LogP contribution in [0.15, 0.2) is 39.9 Å². The highest BCUT2D eigenvalue weighted by Crippen LogP contribution is 2.23. The van der Waals surface area contributed by atoms with Gasteiger partial charge in [0, 0.05) is 35.0 Å². The molecule has 0 aliphatic rings. The summed E-state index contributed by atoms with van der Waals surface area (Å²) in [7, 11) is 0. The molecule has 0 aliphatic carbocycles. The molecule has 1 heterocycles. The fraction of sp³-hybridized carbons (Fsp3) is 0.250. The van der Waals surface area contributed by atoms with Crippen LogP contribution in [-0.4, -0.2) is 14.1 Å². The number of hydrogen-bond donors (Lipinski definition) is 0. The molecule has 0 radical (unpaired) electrons. The van der Waals surface area contributed by atoms with E-state index in [0.717, 1.165) is 0 Å². The van der Waals surface area contributed by atoms with E-state index in [4.69, 9.17) is 0 Å². The number of imidazole rings is 1. The Morgan fingerprint density at radius 2 is 2.00 bits per heavy atom. The van der Waals surface area contributed by atoms with E-state index in [0.29, 0.717) is 16.6 Å². The molecule has 0 atom stereocenters. The van der Waals surface area contributed by atoms with Gasteiger partial charge in [-0.3, -0.25) is 19.2 Å². The maximum absolute atomic E-state index is 11.9. The fourth-order valence-corrected chi connectivity index (χ4v) is 2.19. The molecule has 2 aromatic rings. The summed E-state index contributed by atoms with van der Waals surface area (Å²) in [4.78, 5) is 22.5. The largest absolute Gasteiger partial charge is 0.328 e. The second-order valence-electron chi connectivity index (χ2n) is 4.02. The number of halogens is 1. The lowest BCUT2D eigenvalue weighted by Crippen LogP contribution is -2.24. The van der Waals surface area contributed by atoms with Gasteiger partial charge in [-0.25, -0.2) is 4.79 Å². The van der Waals surface area contributed by atoms with E-state index >= 15 is 0 Å². The molecule has 7 heteroatoms. The average Bonchev–Trinajstić information content (AvgIpc) is 2.72. The van der Waals surface area contributed by atoms with Gasteiger partial charge in [-0.1, -0.05) is 15.9 Å². The molecule has 1 aromatic carbocycles. The van der Waals surface area contributed by atoms with Crippen LogP contribution in [0.1, 0.15) is 12.5 Å². The van der Waals surface area contributed by atoms with Crippen LogP contribution in [0.5, 0.6) is 0 Å². The molecule has 0 spiro atoms. The first-order valence-corrected chi connectivity index (χ1v) is 6.50. The molecule has 6 nitrogen and oxygen atoms in total. The summed E-state index contributed by atoms with van der Waals surface area (Å²) in [6.07, 6.45) is 3.31. The third kappa shape index (κ3) is 2.76. The van der Waals surface area contributed by atoms with Crippen molar-refractivity contribution in [1.82, 2.24) is 9.13 Å². The zero-order valence-electron chi connectivity index (χ0n) is 10.2. The lowest BCUT2D eigenvalue weighted by molar-refractivity contribution is -0.385. The molecular formula is C12H12BrN3O3. The zero-order chi connectivity index (χ0) is 14.0. The average molecular weight is 326 g/mol. The van der Waals surface area contributed by atoms with E-state index in [1.807, 2.05) is 6.92 Å². The summed E-state index contributed by atoms with van der Waals surface area (Å²) >= 11 is 3.20. The summed E-state index contributed by atoms with van der Waals surface area (Å²) in [5.41, 5.74) is 0.342. The molecule has 0 saturated carbocycles. The van der Waals surface area contributed by atoms with Crippen molar-refractivity contribution >= 4 is 21.6 Å². The number of nitrogens with zero attached hydrogens (tertiary/aromatic N) is 3. The topological polar surface area (TPSA) is 70.1 Å². The van der Waals surface area contributed by atoms with Gasteiger partial charge in [-0.05, 0) is 19.1 Å². The molecule has 0 N–H and O–H groups in total. The Morgan fingerprint density at radius 1 is 1.32 bits per heavy atom. The van der Waals surface area contributed by atoms with Gasteiger partial charge in [0.15, 0.2) is 0 Å². The molecule has 2 rings (SSSR count). The van der Waals surface area contributed by atoms with Crippen LogP contribution in [-0.2, 0) is 13.1 Å². The summed E-state index contributed by atoms with van der Waals surface area (Å²) in [5.74, 6) is 0. The minimum atomic E-state index is -0.443. The van der Waals surface area contributed by atoms with Gasteiger partial charge in [0.1, 0.15) is 0 Å². The van der Waals surface area contributed by atoms with Gasteiger partial charge in [0.25, 0.3) is 5.69 Å². The molecule has 100 valence electrons. The van der Waals surface area contributed by atoms with Gasteiger partial charge >= 0.3 is 5.69 Å². The van der Waals surface area contributed by atoms with Crippen molar-refractivity contribution in [3.8, 4) is 0 Å². The third-order valence-electron chi connectivity index (χ3n) is 2.84. The standard InChI is InChI=1S/C12H12BrN3O3/c1-2-14-5-6-15(12(14)17)8-9-3-4-10(13)7-11(9)16(18)19/h3-7H,2,8H2,1H3. The predicted molar refractivity (Wildman–Crippen MR) is 74.3 cm³/mol. The van der Waals surface area contributed by atoms with Crippen molar-refractivity contribution in [2.24, 2.45) is 0 Å². The van der Waals surface area contributed by atoms with Gasteiger partial charge in [0.05, 0.1) is 11.5 Å². The summed E-state index contributed by atoms with van der Waals surface area (Å²) < 4.78 is 3.64. The molecule has 0 bridgehead atoms. The van der Waals surface area contributed by atoms with Crippen molar-refractivity contribution in [3.05, 3.63) is 61.2 Å². The second-order valence-corrected chi connectivity index (χ2v) is 4.94. The van der Waals surface area contributed by atoms with E-state index < -0.39 is 4.92 Å². The van der Waals surface area contributed by atoms with Crippen molar-refractivity contribution in [2.75, 3.05) is 0 Å². The first-order chi connectivity index (χ1) is 9.02. The molecule has 0 aliphatic heterocycles. The van der Waals surface area contributed by atoms with Crippen LogP contribution in [0.2, 0.25) is 0 Å². The predicted octanol–water partition coefficient (Wildman–Crippen LogP) is 2.39. The summed E-state index contributed by atoms with van der Waals surface area (Å²) in [6, 6.07) is 4.82. The van der Waals surface area contributed by atoms with Crippen molar-refractivity contribution < 1.29 is 4.92 Å². The number of nitro groups is 1. The fourth-order valence-electron chi connectivity index (χ4n) is 1.84. The van der Waals surface area contributed by atoms with Gasteiger partial charge in [0.2, 0.25) is 0 Å². The van der Waals surface area contributed by atoms with Crippen LogP contribution in [0.4, 0.5) is 5.69 Å². The molecule has 0 fully saturated rings. The first-order valence-electron chi connectivity index (χ1n) is 5.71. The SMILES string of the molecule is CCn1ccn(Cc2ccc(Br)cc2[N+](=O)[O-])c1=O. The Morgan fingerprint density at radius 3 is 2.58 bits per heavy atom. The molecule has 19 heavy (non-hydrogen) atoms. The van der Waals surface area contributed by atoms with E-state index in [2.05, 4.69) is 15.9 Å². The lowest BCUT2D eigenvalue weighted by Gasteiger charge is -2.04. The Hall–Kier alpha value is -1.89. The monoisotopic (exact) mass is 325 g/mol. The third-order valence-corrected chi connectivity index (χ3v) is 3.34. The normalized spacial score (nSPS) is 10.6. The van der Waals surface area contributed by atoms with Gasteiger partial charge in [-0.15, -0.1) is 0 Å². The molecule has 0 unspecified atom stereocenters. The summed E-state index contributed by atoms with van der Waals surface area (Å²) in [5, 5.41) is 11.0.